The first-order valence-electron chi connectivity index (χ1n) is 6.89. The predicted octanol–water partition coefficient (Wildman–Crippen LogP) is 2.66. The lowest BCUT2D eigenvalue weighted by atomic mass is 10.0. The predicted molar refractivity (Wildman–Crippen MR) is 65.3 cm³/mol. The van der Waals surface area contributed by atoms with Gasteiger partial charge in [0.25, 0.3) is 0 Å². The molecule has 1 saturated heterocycles. The van der Waals surface area contributed by atoms with Gasteiger partial charge in [0.1, 0.15) is 5.54 Å². The molecule has 0 aromatic rings. The van der Waals surface area contributed by atoms with Gasteiger partial charge >= 0.3 is 6.18 Å². The van der Waals surface area contributed by atoms with Gasteiger partial charge in [0, 0.05) is 0 Å². The molecule has 0 spiro atoms. The number of carbonyl (C=O) groups is 1. The summed E-state index contributed by atoms with van der Waals surface area (Å²) in [4.78, 5) is 13.4. The smallest absolute Gasteiger partial charge is 0.311 e. The van der Waals surface area contributed by atoms with Gasteiger partial charge in [-0.15, -0.1) is 0 Å². The monoisotopic (exact) mass is 278 g/mol. The fourth-order valence-corrected chi connectivity index (χ4v) is 2.93. The zero-order valence-corrected chi connectivity index (χ0v) is 11.5. The van der Waals surface area contributed by atoms with Crippen LogP contribution in [0, 0.1) is 5.92 Å². The van der Waals surface area contributed by atoms with Crippen LogP contribution in [0.3, 0.4) is 0 Å². The summed E-state index contributed by atoms with van der Waals surface area (Å²) in [6.45, 7) is 5.74. The Kier molecular flexibility index (Phi) is 3.58. The molecule has 1 N–H and O–H groups in total. The Morgan fingerprint density at radius 2 is 2.00 bits per heavy atom. The lowest BCUT2D eigenvalue weighted by Crippen LogP contribution is -2.53. The molecule has 2 atom stereocenters. The Morgan fingerprint density at radius 3 is 2.37 bits per heavy atom. The molecule has 1 aliphatic heterocycles. The van der Waals surface area contributed by atoms with Gasteiger partial charge in [-0.05, 0) is 31.6 Å². The number of halogens is 3. The van der Waals surface area contributed by atoms with Crippen molar-refractivity contribution in [2.45, 2.75) is 70.4 Å². The molecule has 1 saturated carbocycles. The van der Waals surface area contributed by atoms with Crippen molar-refractivity contribution in [1.29, 1.82) is 0 Å². The molecule has 6 heteroatoms. The van der Waals surface area contributed by atoms with Crippen LogP contribution in [0.4, 0.5) is 13.2 Å². The summed E-state index contributed by atoms with van der Waals surface area (Å²) < 4.78 is 39.6. The minimum Gasteiger partial charge on any atom is -0.311 e. The maximum absolute atomic E-state index is 13.2. The lowest BCUT2D eigenvalue weighted by Gasteiger charge is -2.34. The zero-order chi connectivity index (χ0) is 14.4. The van der Waals surface area contributed by atoms with E-state index in [0.717, 1.165) is 4.90 Å². The largest absolute Gasteiger partial charge is 0.411 e. The number of nitrogens with zero attached hydrogens (tertiary/aromatic N) is 1. The molecule has 2 fully saturated rings. The molecule has 19 heavy (non-hydrogen) atoms. The van der Waals surface area contributed by atoms with Gasteiger partial charge in [-0.2, -0.15) is 13.2 Å². The van der Waals surface area contributed by atoms with E-state index in [1.807, 2.05) is 20.8 Å². The van der Waals surface area contributed by atoms with E-state index >= 15 is 0 Å². The first-order valence-corrected chi connectivity index (χ1v) is 6.89. The molecule has 1 heterocycles. The van der Waals surface area contributed by atoms with Crippen molar-refractivity contribution in [3.63, 3.8) is 0 Å². The van der Waals surface area contributed by atoms with Crippen LogP contribution in [-0.4, -0.2) is 34.7 Å². The fourth-order valence-electron chi connectivity index (χ4n) is 2.93. The molecule has 110 valence electrons. The first-order chi connectivity index (χ1) is 8.73. The highest BCUT2D eigenvalue weighted by Gasteiger charge is 2.70. The van der Waals surface area contributed by atoms with Crippen LogP contribution in [0.25, 0.3) is 0 Å². The van der Waals surface area contributed by atoms with Gasteiger partial charge in [0.15, 0.2) is 0 Å². The van der Waals surface area contributed by atoms with Crippen molar-refractivity contribution in [1.82, 2.24) is 10.2 Å². The Balaban J connectivity index is 2.22. The van der Waals surface area contributed by atoms with Gasteiger partial charge in [0.2, 0.25) is 5.91 Å². The minimum absolute atomic E-state index is 0.0365. The summed E-state index contributed by atoms with van der Waals surface area (Å²) in [6.07, 6.45) is -3.66. The van der Waals surface area contributed by atoms with E-state index in [1.54, 1.807) is 0 Å². The van der Waals surface area contributed by atoms with Gasteiger partial charge < -0.3 is 4.90 Å². The van der Waals surface area contributed by atoms with Crippen molar-refractivity contribution in [2.24, 2.45) is 5.92 Å². The third-order valence-electron chi connectivity index (χ3n) is 4.05. The molecule has 2 aliphatic rings. The Bertz CT molecular complexity index is 363. The Labute approximate surface area is 111 Å². The quantitative estimate of drug-likeness (QED) is 0.857. The summed E-state index contributed by atoms with van der Waals surface area (Å²) in [5.74, 6) is -0.102. The van der Waals surface area contributed by atoms with Crippen molar-refractivity contribution in [3.8, 4) is 0 Å². The molecule has 1 amide bonds. The summed E-state index contributed by atoms with van der Waals surface area (Å²) >= 11 is 0. The van der Waals surface area contributed by atoms with Crippen LogP contribution in [0.5, 0.6) is 0 Å². The fraction of sp³-hybridized carbons (Fsp3) is 0.923. The third-order valence-corrected chi connectivity index (χ3v) is 4.05. The van der Waals surface area contributed by atoms with Crippen molar-refractivity contribution in [3.05, 3.63) is 0 Å². The van der Waals surface area contributed by atoms with Crippen molar-refractivity contribution < 1.29 is 18.0 Å². The number of nitrogens with one attached hydrogen (secondary N) is 1. The SMILES string of the molecule is CCC1NC(CC(C)C)C(=O)N1C1(C(F)(F)F)CC1. The molecule has 2 rings (SSSR count). The second kappa shape index (κ2) is 4.65. The lowest BCUT2D eigenvalue weighted by molar-refractivity contribution is -0.202. The van der Waals surface area contributed by atoms with E-state index in [1.165, 1.54) is 0 Å². The average molecular weight is 278 g/mol. The molecule has 3 nitrogen and oxygen atoms in total. The number of amides is 1. The summed E-state index contributed by atoms with van der Waals surface area (Å²) in [7, 11) is 0. The third kappa shape index (κ3) is 2.35. The molecule has 1 aliphatic carbocycles. The second-order valence-corrected chi connectivity index (χ2v) is 6.01. The summed E-state index contributed by atoms with van der Waals surface area (Å²) in [6, 6.07) is -0.468. The normalized spacial score (nSPS) is 30.3. The number of hydrogen-bond acceptors (Lipinski definition) is 2. The molecular formula is C13H21F3N2O. The molecule has 0 bridgehead atoms. The standard InChI is InChI=1S/C13H21F3N2O/c1-4-10-17-9(7-8(2)3)11(19)18(10)12(5-6-12)13(14,15)16/h8-10,17H,4-7H2,1-3H3. The summed E-state index contributed by atoms with van der Waals surface area (Å²) in [5, 5.41) is 3.07. The number of rotatable bonds is 4. The summed E-state index contributed by atoms with van der Waals surface area (Å²) in [5.41, 5.74) is -1.90. The average Bonchev–Trinajstić information content (AvgIpc) is 3.01. The Hall–Kier alpha value is -0.780. The topological polar surface area (TPSA) is 32.3 Å². The molecule has 0 aromatic carbocycles. The van der Waals surface area contributed by atoms with Crippen LogP contribution in [0.1, 0.15) is 46.5 Å². The highest BCUT2D eigenvalue weighted by Crippen LogP contribution is 2.55. The zero-order valence-electron chi connectivity index (χ0n) is 11.5. The number of hydrogen-bond donors (Lipinski definition) is 1. The highest BCUT2D eigenvalue weighted by molar-refractivity contribution is 5.85. The van der Waals surface area contributed by atoms with Gasteiger partial charge in [-0.25, -0.2) is 0 Å². The molecule has 0 radical (unpaired) electrons. The van der Waals surface area contributed by atoms with E-state index in [9.17, 15) is 18.0 Å². The number of alkyl halides is 3. The van der Waals surface area contributed by atoms with Crippen LogP contribution >= 0.6 is 0 Å². The minimum atomic E-state index is -4.33. The van der Waals surface area contributed by atoms with Gasteiger partial charge in [0.05, 0.1) is 12.2 Å². The van der Waals surface area contributed by atoms with Crippen LogP contribution < -0.4 is 5.32 Å². The molecule has 0 aromatic heterocycles. The maximum atomic E-state index is 13.2. The maximum Gasteiger partial charge on any atom is 0.411 e. The van der Waals surface area contributed by atoms with Crippen LogP contribution in [-0.2, 0) is 4.79 Å². The van der Waals surface area contributed by atoms with Crippen LogP contribution in [0.2, 0.25) is 0 Å². The van der Waals surface area contributed by atoms with E-state index in [4.69, 9.17) is 0 Å². The molecular weight excluding hydrogens is 257 g/mol. The van der Waals surface area contributed by atoms with Gasteiger partial charge in [-0.1, -0.05) is 20.8 Å². The number of carbonyl (C=O) groups excluding carboxylic acids is 1. The second-order valence-electron chi connectivity index (χ2n) is 6.01. The van der Waals surface area contributed by atoms with Gasteiger partial charge in [-0.3, -0.25) is 10.1 Å². The van der Waals surface area contributed by atoms with Crippen LogP contribution in [0.15, 0.2) is 0 Å². The van der Waals surface area contributed by atoms with E-state index in [-0.39, 0.29) is 24.7 Å². The molecule has 2 unspecified atom stereocenters. The van der Waals surface area contributed by atoms with E-state index in [0.29, 0.717) is 12.8 Å². The van der Waals surface area contributed by atoms with Crippen molar-refractivity contribution in [2.75, 3.05) is 0 Å². The Morgan fingerprint density at radius 1 is 1.42 bits per heavy atom. The first kappa shape index (κ1) is 14.6. The van der Waals surface area contributed by atoms with Crippen molar-refractivity contribution >= 4 is 5.91 Å². The van der Waals surface area contributed by atoms with E-state index in [2.05, 4.69) is 5.32 Å². The van der Waals surface area contributed by atoms with E-state index < -0.39 is 23.9 Å². The highest BCUT2D eigenvalue weighted by atomic mass is 19.4.